The van der Waals surface area contributed by atoms with E-state index < -0.39 is 17.1 Å². The highest BCUT2D eigenvalue weighted by Gasteiger charge is 2.31. The minimum absolute atomic E-state index is 0.119. The molecular weight excluding hydrogens is 338 g/mol. The largest absolute Gasteiger partial charge is 0.306 e. The van der Waals surface area contributed by atoms with Crippen molar-refractivity contribution in [3.8, 4) is 0 Å². The minimum Gasteiger partial charge on any atom is -0.306 e. The van der Waals surface area contributed by atoms with E-state index in [-0.39, 0.29) is 5.75 Å². The summed E-state index contributed by atoms with van der Waals surface area (Å²) >= 11 is -1.85. The van der Waals surface area contributed by atoms with Gasteiger partial charge in [0.15, 0.2) is 11.1 Å². The van der Waals surface area contributed by atoms with Crippen molar-refractivity contribution in [2.75, 3.05) is 5.01 Å². The fourth-order valence-electron chi connectivity index (χ4n) is 2.89. The molecule has 3 rings (SSSR count). The van der Waals surface area contributed by atoms with E-state index in [0.717, 1.165) is 28.7 Å². The van der Waals surface area contributed by atoms with Crippen LogP contribution >= 0.6 is 0 Å². The summed E-state index contributed by atoms with van der Waals surface area (Å²) in [5.74, 6) is 0.809. The van der Waals surface area contributed by atoms with E-state index in [2.05, 4.69) is 10.4 Å². The van der Waals surface area contributed by atoms with Crippen LogP contribution in [-0.2, 0) is 28.0 Å². The third kappa shape index (κ3) is 3.94. The Labute approximate surface area is 148 Å². The Morgan fingerprint density at radius 1 is 1.24 bits per heavy atom. The van der Waals surface area contributed by atoms with Crippen LogP contribution in [0.5, 0.6) is 0 Å². The van der Waals surface area contributed by atoms with Gasteiger partial charge in [0.2, 0.25) is 0 Å². The molecule has 0 amide bonds. The van der Waals surface area contributed by atoms with Gasteiger partial charge in [-0.1, -0.05) is 30.3 Å². The minimum atomic E-state index is -1.85. The molecule has 2 N–H and O–H groups in total. The normalized spacial score (nSPS) is 18.2. The summed E-state index contributed by atoms with van der Waals surface area (Å²) in [5.41, 5.74) is 6.99. The number of carbonyl (C=O) groups is 1. The Morgan fingerprint density at radius 2 is 1.96 bits per heavy atom. The van der Waals surface area contributed by atoms with Gasteiger partial charge in [0, 0.05) is 11.9 Å². The summed E-state index contributed by atoms with van der Waals surface area (Å²) in [7, 11) is 0. The second-order valence-corrected chi connectivity index (χ2v) is 6.79. The number of rotatable bonds is 6. The maximum Gasteiger partial charge on any atom is 0.157 e. The Bertz CT molecular complexity index is 806. The van der Waals surface area contributed by atoms with Gasteiger partial charge in [-0.25, -0.2) is 9.19 Å². The van der Waals surface area contributed by atoms with Crippen molar-refractivity contribution >= 4 is 23.2 Å². The van der Waals surface area contributed by atoms with E-state index in [1.54, 1.807) is 11.2 Å². The zero-order chi connectivity index (χ0) is 17.8. The predicted octanol–water partition coefficient (Wildman–Crippen LogP) is 2.21. The number of hydrogen-bond acceptors (Lipinski definition) is 5. The third-order valence-corrected chi connectivity index (χ3v) is 4.72. The first-order valence-corrected chi connectivity index (χ1v) is 9.13. The van der Waals surface area contributed by atoms with E-state index in [1.165, 1.54) is 0 Å². The molecule has 1 aliphatic heterocycles. The molecule has 0 aliphatic carbocycles. The monoisotopic (exact) mass is 357 g/mol. The number of nitrogens with one attached hydrogen (secondary N) is 1. The zero-order valence-corrected chi connectivity index (χ0v) is 14.6. The summed E-state index contributed by atoms with van der Waals surface area (Å²) in [4.78, 5) is 16.0. The molecule has 0 saturated carbocycles. The van der Waals surface area contributed by atoms with Crippen molar-refractivity contribution in [3.05, 3.63) is 71.1 Å². The van der Waals surface area contributed by atoms with Gasteiger partial charge in [0.25, 0.3) is 0 Å². The number of benzene rings is 1. The zero-order valence-electron chi connectivity index (χ0n) is 13.8. The van der Waals surface area contributed by atoms with Crippen LogP contribution in [0.4, 0.5) is 5.82 Å². The van der Waals surface area contributed by atoms with Crippen molar-refractivity contribution in [2.45, 2.75) is 25.1 Å². The molecule has 7 heteroatoms. The van der Waals surface area contributed by atoms with E-state index in [0.29, 0.717) is 12.2 Å². The molecule has 0 spiro atoms. The lowest BCUT2D eigenvalue weighted by Crippen LogP contribution is -2.41. The van der Waals surface area contributed by atoms with Crippen molar-refractivity contribution in [3.63, 3.8) is 0 Å². The molecule has 0 fully saturated rings. The highest BCUT2D eigenvalue weighted by molar-refractivity contribution is 7.78. The van der Waals surface area contributed by atoms with Gasteiger partial charge in [0.05, 0.1) is 5.75 Å². The number of hydrogen-bond donors (Lipinski definition) is 2. The van der Waals surface area contributed by atoms with Crippen LogP contribution < -0.4 is 10.4 Å². The molecular formula is C18H19N3O3S. The van der Waals surface area contributed by atoms with Gasteiger partial charge < -0.3 is 14.8 Å². The number of hydrazine groups is 1. The molecule has 2 heterocycles. The van der Waals surface area contributed by atoms with Crippen LogP contribution in [0.3, 0.4) is 0 Å². The molecule has 1 aromatic heterocycles. The number of anilines is 1. The number of carbonyl (C=O) groups excluding carboxylic acids is 1. The number of pyridine rings is 1. The van der Waals surface area contributed by atoms with Crippen molar-refractivity contribution < 1.29 is 13.6 Å². The van der Waals surface area contributed by atoms with Crippen molar-refractivity contribution in [1.29, 1.82) is 0 Å². The van der Waals surface area contributed by atoms with Crippen molar-refractivity contribution in [1.82, 2.24) is 10.4 Å². The van der Waals surface area contributed by atoms with Gasteiger partial charge in [-0.15, -0.1) is 0 Å². The first kappa shape index (κ1) is 17.3. The SMILES string of the molecule is CC1=C(Cc2ccc(CS(=O)O)cc2)C(C=O)N(c2ccccn2)N1. The molecule has 0 saturated heterocycles. The van der Waals surface area contributed by atoms with Gasteiger partial charge >= 0.3 is 0 Å². The maximum absolute atomic E-state index is 11.7. The molecule has 1 aromatic carbocycles. The average molecular weight is 357 g/mol. The quantitative estimate of drug-likeness (QED) is 0.609. The van der Waals surface area contributed by atoms with Crippen LogP contribution in [0.2, 0.25) is 0 Å². The molecule has 0 radical (unpaired) electrons. The average Bonchev–Trinajstić information content (AvgIpc) is 2.93. The number of aldehydes is 1. The molecule has 0 bridgehead atoms. The Balaban J connectivity index is 1.78. The molecule has 1 aliphatic rings. The van der Waals surface area contributed by atoms with E-state index in [1.807, 2.05) is 49.4 Å². The van der Waals surface area contributed by atoms with E-state index >= 15 is 0 Å². The highest BCUT2D eigenvalue weighted by Crippen LogP contribution is 2.26. The lowest BCUT2D eigenvalue weighted by atomic mass is 9.98. The van der Waals surface area contributed by atoms with Crippen LogP contribution in [0.15, 0.2) is 59.9 Å². The molecule has 6 nitrogen and oxygen atoms in total. The van der Waals surface area contributed by atoms with Crippen LogP contribution in [0.1, 0.15) is 18.1 Å². The number of aromatic nitrogens is 1. The molecule has 130 valence electrons. The van der Waals surface area contributed by atoms with Crippen LogP contribution in [-0.4, -0.2) is 26.1 Å². The second-order valence-electron chi connectivity index (χ2n) is 5.86. The van der Waals surface area contributed by atoms with Crippen molar-refractivity contribution in [2.24, 2.45) is 0 Å². The third-order valence-electron chi connectivity index (χ3n) is 4.14. The summed E-state index contributed by atoms with van der Waals surface area (Å²) in [5, 5.41) is 1.76. The van der Waals surface area contributed by atoms with E-state index in [4.69, 9.17) is 4.55 Å². The first-order valence-electron chi connectivity index (χ1n) is 7.85. The Hall–Kier alpha value is -2.51. The maximum atomic E-state index is 11.7. The summed E-state index contributed by atoms with van der Waals surface area (Å²) in [6.07, 6.45) is 3.22. The van der Waals surface area contributed by atoms with Crippen LogP contribution in [0, 0.1) is 0 Å². The molecule has 2 aromatic rings. The predicted molar refractivity (Wildman–Crippen MR) is 97.0 cm³/mol. The first-order chi connectivity index (χ1) is 12.1. The highest BCUT2D eigenvalue weighted by atomic mass is 32.2. The number of nitrogens with zero attached hydrogens (tertiary/aromatic N) is 2. The molecule has 2 atom stereocenters. The van der Waals surface area contributed by atoms with Gasteiger partial charge in [0.1, 0.15) is 18.1 Å². The fourth-order valence-corrected chi connectivity index (χ4v) is 3.37. The Morgan fingerprint density at radius 3 is 2.56 bits per heavy atom. The summed E-state index contributed by atoms with van der Waals surface area (Å²) in [6.45, 7) is 1.94. The topological polar surface area (TPSA) is 82.5 Å². The number of allylic oxidation sites excluding steroid dienone is 1. The van der Waals surface area contributed by atoms with Gasteiger partial charge in [-0.2, -0.15) is 0 Å². The molecule has 2 unspecified atom stereocenters. The lowest BCUT2D eigenvalue weighted by Gasteiger charge is -2.23. The van der Waals surface area contributed by atoms with Gasteiger partial charge in [-0.05, 0) is 42.2 Å². The smallest absolute Gasteiger partial charge is 0.157 e. The van der Waals surface area contributed by atoms with E-state index in [9.17, 15) is 9.00 Å². The fraction of sp³-hybridized carbons (Fsp3) is 0.222. The molecule has 25 heavy (non-hydrogen) atoms. The second kappa shape index (κ2) is 7.58. The lowest BCUT2D eigenvalue weighted by molar-refractivity contribution is -0.108. The summed E-state index contributed by atoms with van der Waals surface area (Å²) < 4.78 is 19.8. The standard InChI is InChI=1S/C18H19N3O3S/c1-13-16(10-14-5-7-15(8-6-14)12-25(23)24)17(11-22)21(20-13)18-4-2-3-9-19-18/h2-9,11,17,20H,10,12H2,1H3,(H,23,24). The Kier molecular flexibility index (Phi) is 5.25. The van der Waals surface area contributed by atoms with Gasteiger partial charge in [-0.3, -0.25) is 5.01 Å². The summed E-state index contributed by atoms with van der Waals surface area (Å²) in [6, 6.07) is 12.7. The van der Waals surface area contributed by atoms with Crippen LogP contribution in [0.25, 0.3) is 0 Å².